The number of rotatable bonds is 6. The van der Waals surface area contributed by atoms with Gasteiger partial charge in [0.05, 0.1) is 17.3 Å². The number of thioether (sulfide) groups is 1. The van der Waals surface area contributed by atoms with Crippen LogP contribution in [-0.4, -0.2) is 38.0 Å². The number of nitrogens with zero attached hydrogens (tertiary/aromatic N) is 3. The summed E-state index contributed by atoms with van der Waals surface area (Å²) >= 11 is 6.85. The highest BCUT2D eigenvalue weighted by Crippen LogP contribution is 2.21. The minimum Gasteiger partial charge on any atom is -0.356 e. The molecule has 0 aliphatic rings. The molecule has 3 aromatic rings. The summed E-state index contributed by atoms with van der Waals surface area (Å²) in [6.07, 6.45) is 2.16. The molecule has 0 bridgehead atoms. The van der Waals surface area contributed by atoms with Crippen LogP contribution < -0.4 is 5.32 Å². The molecular weight excluding hydrogens is 342 g/mol. The van der Waals surface area contributed by atoms with E-state index in [-0.39, 0.29) is 5.91 Å². The summed E-state index contributed by atoms with van der Waals surface area (Å²) in [7, 11) is 0. The average molecular weight is 359 g/mol. The van der Waals surface area contributed by atoms with Crippen molar-refractivity contribution in [3.63, 3.8) is 0 Å². The molecule has 0 saturated carbocycles. The van der Waals surface area contributed by atoms with Crippen LogP contribution in [0, 0.1) is 4.64 Å². The molecule has 2 heterocycles. The number of hydrogen-bond donors (Lipinski definition) is 2. The first-order valence-corrected chi connectivity index (χ1v) is 9.01. The van der Waals surface area contributed by atoms with Crippen molar-refractivity contribution in [1.82, 2.24) is 25.1 Å². The second-order valence-corrected chi connectivity index (χ2v) is 6.52. The van der Waals surface area contributed by atoms with Gasteiger partial charge in [-0.25, -0.2) is 9.67 Å². The summed E-state index contributed by atoms with van der Waals surface area (Å²) < 4.78 is 2.31. The number of nitrogens with one attached hydrogen (secondary N) is 2. The Labute approximate surface area is 148 Å². The van der Waals surface area contributed by atoms with E-state index in [9.17, 15) is 4.79 Å². The van der Waals surface area contributed by atoms with Crippen molar-refractivity contribution in [3.05, 3.63) is 41.2 Å². The van der Waals surface area contributed by atoms with Crippen LogP contribution in [0.15, 0.2) is 41.7 Å². The summed E-state index contributed by atoms with van der Waals surface area (Å²) in [5.41, 5.74) is 1.75. The van der Waals surface area contributed by atoms with Crippen LogP contribution in [-0.2, 0) is 4.79 Å². The van der Waals surface area contributed by atoms with Gasteiger partial charge in [0.2, 0.25) is 5.91 Å². The lowest BCUT2D eigenvalue weighted by atomic mass is 10.3. The quantitative estimate of drug-likeness (QED) is 0.402. The van der Waals surface area contributed by atoms with E-state index in [1.165, 1.54) is 11.8 Å². The second-order valence-electron chi connectivity index (χ2n) is 5.05. The summed E-state index contributed by atoms with van der Waals surface area (Å²) in [5.74, 6) is 0.675. The number of fused-ring (bicyclic) bond motifs is 1. The number of aromatic nitrogens is 4. The predicted molar refractivity (Wildman–Crippen MR) is 98.1 cm³/mol. The van der Waals surface area contributed by atoms with Crippen LogP contribution in [0.3, 0.4) is 0 Å². The van der Waals surface area contributed by atoms with E-state index in [2.05, 4.69) is 20.4 Å². The largest absolute Gasteiger partial charge is 0.356 e. The molecule has 0 aliphatic heterocycles. The molecule has 6 nitrogen and oxygen atoms in total. The molecule has 0 fully saturated rings. The van der Waals surface area contributed by atoms with Crippen LogP contribution in [0.4, 0.5) is 0 Å². The topological polar surface area (TPSA) is 75.6 Å². The third-order valence-electron chi connectivity index (χ3n) is 3.37. The van der Waals surface area contributed by atoms with Gasteiger partial charge in [0.15, 0.2) is 5.16 Å². The fraction of sp³-hybridized carbons (Fsp3) is 0.250. The maximum absolute atomic E-state index is 11.5. The molecular formula is C16H17N5OS2. The molecule has 0 saturated heterocycles. The minimum atomic E-state index is 0.0407. The Morgan fingerprint density at radius 3 is 2.92 bits per heavy atom. The van der Waals surface area contributed by atoms with Crippen molar-refractivity contribution < 1.29 is 4.79 Å². The lowest BCUT2D eigenvalue weighted by Gasteiger charge is -2.06. The molecule has 124 valence electrons. The van der Waals surface area contributed by atoms with Gasteiger partial charge in [-0.15, -0.1) is 0 Å². The molecule has 1 amide bonds. The first-order valence-electron chi connectivity index (χ1n) is 7.62. The predicted octanol–water partition coefficient (Wildman–Crippen LogP) is 3.10. The first-order chi connectivity index (χ1) is 11.7. The lowest BCUT2D eigenvalue weighted by Crippen LogP contribution is -2.22. The molecule has 2 N–H and O–H groups in total. The van der Waals surface area contributed by atoms with Crippen molar-refractivity contribution >= 4 is 40.9 Å². The fourth-order valence-corrected chi connectivity index (χ4v) is 3.37. The molecule has 0 spiro atoms. The number of para-hydroxylation sites is 1. The van der Waals surface area contributed by atoms with E-state index in [1.54, 1.807) is 10.9 Å². The standard InChI is InChI=1S/C16H17N5OS2/c1-2-17-13(22)8-9-24-16-19-14-12(15(23)20-16)10-18-21(14)11-6-4-3-5-7-11/h3-7,10H,2,8-9H2,1H3,(H,17,22)(H,19,20,23). The summed E-state index contributed by atoms with van der Waals surface area (Å²) in [4.78, 5) is 19.2. The average Bonchev–Trinajstić information content (AvgIpc) is 3.00. The molecule has 3 rings (SSSR count). The molecule has 24 heavy (non-hydrogen) atoms. The number of carbonyl (C=O) groups is 1. The Hall–Kier alpha value is -2.19. The molecule has 8 heteroatoms. The van der Waals surface area contributed by atoms with Gasteiger partial charge in [0.25, 0.3) is 0 Å². The van der Waals surface area contributed by atoms with Crippen molar-refractivity contribution in [2.75, 3.05) is 12.3 Å². The number of benzene rings is 1. The maximum Gasteiger partial charge on any atom is 0.220 e. The highest BCUT2D eigenvalue weighted by atomic mass is 32.2. The number of carbonyl (C=O) groups excluding carboxylic acids is 1. The Kier molecular flexibility index (Phi) is 5.27. The molecule has 0 atom stereocenters. The van der Waals surface area contributed by atoms with E-state index in [1.807, 2.05) is 37.3 Å². The van der Waals surface area contributed by atoms with Gasteiger partial charge in [-0.3, -0.25) is 4.79 Å². The van der Waals surface area contributed by atoms with Crippen LogP contribution in [0.25, 0.3) is 16.7 Å². The van der Waals surface area contributed by atoms with Crippen molar-refractivity contribution in [3.8, 4) is 5.69 Å². The minimum absolute atomic E-state index is 0.0407. The van der Waals surface area contributed by atoms with Crippen LogP contribution in [0.5, 0.6) is 0 Å². The normalized spacial score (nSPS) is 10.9. The van der Waals surface area contributed by atoms with E-state index < -0.39 is 0 Å². The maximum atomic E-state index is 11.5. The fourth-order valence-electron chi connectivity index (χ4n) is 2.27. The monoisotopic (exact) mass is 359 g/mol. The molecule has 0 aliphatic carbocycles. The molecule has 1 aromatic carbocycles. The van der Waals surface area contributed by atoms with E-state index >= 15 is 0 Å². The molecule has 0 radical (unpaired) electrons. The van der Waals surface area contributed by atoms with Crippen LogP contribution >= 0.6 is 24.0 Å². The number of H-pyrrole nitrogens is 1. The third-order valence-corrected chi connectivity index (χ3v) is 4.56. The zero-order chi connectivity index (χ0) is 16.9. The smallest absolute Gasteiger partial charge is 0.220 e. The second kappa shape index (κ2) is 7.59. The summed E-state index contributed by atoms with van der Waals surface area (Å²) in [6, 6.07) is 9.83. The van der Waals surface area contributed by atoms with Crippen LogP contribution in [0.1, 0.15) is 13.3 Å². The highest BCUT2D eigenvalue weighted by Gasteiger charge is 2.10. The van der Waals surface area contributed by atoms with Gasteiger partial charge in [0.1, 0.15) is 10.3 Å². The van der Waals surface area contributed by atoms with Crippen molar-refractivity contribution in [1.29, 1.82) is 0 Å². The Balaban J connectivity index is 1.86. The van der Waals surface area contributed by atoms with Gasteiger partial charge < -0.3 is 10.3 Å². The SMILES string of the molecule is CCNC(=O)CCSc1nc(=S)c2cnn(-c3ccccc3)c2[nH]1. The summed E-state index contributed by atoms with van der Waals surface area (Å²) in [5, 5.41) is 8.68. The van der Waals surface area contributed by atoms with Gasteiger partial charge in [0, 0.05) is 18.7 Å². The van der Waals surface area contributed by atoms with Crippen molar-refractivity contribution in [2.45, 2.75) is 18.5 Å². The van der Waals surface area contributed by atoms with E-state index in [4.69, 9.17) is 12.2 Å². The van der Waals surface area contributed by atoms with Crippen molar-refractivity contribution in [2.24, 2.45) is 0 Å². The zero-order valence-corrected chi connectivity index (χ0v) is 14.8. The highest BCUT2D eigenvalue weighted by molar-refractivity contribution is 7.99. The Bertz CT molecular complexity index is 904. The van der Waals surface area contributed by atoms with E-state index in [0.29, 0.717) is 28.5 Å². The van der Waals surface area contributed by atoms with Gasteiger partial charge in [-0.1, -0.05) is 42.2 Å². The summed E-state index contributed by atoms with van der Waals surface area (Å²) in [6.45, 7) is 2.55. The van der Waals surface area contributed by atoms with Gasteiger partial charge >= 0.3 is 0 Å². The third kappa shape index (κ3) is 3.65. The van der Waals surface area contributed by atoms with Gasteiger partial charge in [-0.2, -0.15) is 5.10 Å². The van der Waals surface area contributed by atoms with Crippen LogP contribution in [0.2, 0.25) is 0 Å². The molecule has 2 aromatic heterocycles. The van der Waals surface area contributed by atoms with Gasteiger partial charge in [-0.05, 0) is 19.1 Å². The number of amides is 1. The molecule has 0 unspecified atom stereocenters. The number of aromatic amines is 1. The first kappa shape index (κ1) is 16.7. The Morgan fingerprint density at radius 1 is 1.38 bits per heavy atom. The zero-order valence-electron chi connectivity index (χ0n) is 13.2. The Morgan fingerprint density at radius 2 is 2.17 bits per heavy atom. The van der Waals surface area contributed by atoms with E-state index in [0.717, 1.165) is 16.7 Å². The lowest BCUT2D eigenvalue weighted by molar-refractivity contribution is -0.120. The number of hydrogen-bond acceptors (Lipinski definition) is 5.